The lowest BCUT2D eigenvalue weighted by Crippen LogP contribution is -2.07. The van der Waals surface area contributed by atoms with Gasteiger partial charge in [0.25, 0.3) is 0 Å². The van der Waals surface area contributed by atoms with Crippen molar-refractivity contribution < 1.29 is 9.13 Å². The fourth-order valence-corrected chi connectivity index (χ4v) is 1.73. The largest absolute Gasteiger partial charge is 0.456 e. The van der Waals surface area contributed by atoms with Crippen molar-refractivity contribution in [3.05, 3.63) is 59.4 Å². The predicted octanol–water partition coefficient (Wildman–Crippen LogP) is 3.51. The zero-order chi connectivity index (χ0) is 13.8. The third kappa shape index (κ3) is 2.90. The molecule has 0 amide bonds. The van der Waals surface area contributed by atoms with Crippen molar-refractivity contribution in [1.29, 1.82) is 5.26 Å². The molecule has 0 spiro atoms. The molecular weight excluding hydrogens is 243 g/mol. The van der Waals surface area contributed by atoms with Gasteiger partial charge in [-0.15, -0.1) is 0 Å². The van der Waals surface area contributed by atoms with E-state index in [4.69, 9.17) is 15.7 Å². The molecule has 0 aliphatic rings. The molecular formula is C15H13FN2O. The SMILES string of the molecule is C[C@H](N)c1cc(F)ccc1Oc1ccccc1C#N. The zero-order valence-corrected chi connectivity index (χ0v) is 10.4. The van der Waals surface area contributed by atoms with E-state index in [1.807, 2.05) is 6.07 Å². The highest BCUT2D eigenvalue weighted by atomic mass is 19.1. The van der Waals surface area contributed by atoms with Crippen molar-refractivity contribution in [2.45, 2.75) is 13.0 Å². The zero-order valence-electron chi connectivity index (χ0n) is 10.4. The molecule has 96 valence electrons. The number of hydrogen-bond acceptors (Lipinski definition) is 3. The van der Waals surface area contributed by atoms with Crippen molar-refractivity contribution in [3.8, 4) is 17.6 Å². The molecule has 0 aromatic heterocycles. The van der Waals surface area contributed by atoms with Gasteiger partial charge in [-0.1, -0.05) is 12.1 Å². The van der Waals surface area contributed by atoms with E-state index in [9.17, 15) is 4.39 Å². The highest BCUT2D eigenvalue weighted by Gasteiger charge is 2.12. The standard InChI is InChI=1S/C15H13FN2O/c1-10(18)13-8-12(16)6-7-15(13)19-14-5-3-2-4-11(14)9-17/h2-8,10H,18H2,1H3/t10-/m0/s1. The Bertz CT molecular complexity index is 632. The van der Waals surface area contributed by atoms with Crippen LogP contribution in [-0.4, -0.2) is 0 Å². The molecule has 0 saturated carbocycles. The van der Waals surface area contributed by atoms with E-state index in [1.54, 1.807) is 31.2 Å². The summed E-state index contributed by atoms with van der Waals surface area (Å²) < 4.78 is 18.9. The Morgan fingerprint density at radius 3 is 2.63 bits per heavy atom. The summed E-state index contributed by atoms with van der Waals surface area (Å²) in [5, 5.41) is 9.00. The van der Waals surface area contributed by atoms with Gasteiger partial charge in [-0.3, -0.25) is 0 Å². The van der Waals surface area contributed by atoms with Crippen LogP contribution in [0, 0.1) is 17.1 Å². The summed E-state index contributed by atoms with van der Waals surface area (Å²) in [6, 6.07) is 12.7. The smallest absolute Gasteiger partial charge is 0.145 e. The number of nitrogens with zero attached hydrogens (tertiary/aromatic N) is 1. The van der Waals surface area contributed by atoms with E-state index in [2.05, 4.69) is 0 Å². The predicted molar refractivity (Wildman–Crippen MR) is 70.2 cm³/mol. The van der Waals surface area contributed by atoms with Crippen molar-refractivity contribution in [2.24, 2.45) is 5.73 Å². The van der Waals surface area contributed by atoms with Gasteiger partial charge in [0.05, 0.1) is 5.56 Å². The van der Waals surface area contributed by atoms with E-state index in [0.29, 0.717) is 22.6 Å². The van der Waals surface area contributed by atoms with Crippen molar-refractivity contribution in [3.63, 3.8) is 0 Å². The third-order valence-corrected chi connectivity index (χ3v) is 2.69. The molecule has 0 unspecified atom stereocenters. The molecule has 0 fully saturated rings. The van der Waals surface area contributed by atoms with Crippen molar-refractivity contribution in [1.82, 2.24) is 0 Å². The molecule has 0 aliphatic heterocycles. The minimum absolute atomic E-state index is 0.361. The second-order valence-corrected chi connectivity index (χ2v) is 4.18. The lowest BCUT2D eigenvalue weighted by Gasteiger charge is -2.14. The summed E-state index contributed by atoms with van der Waals surface area (Å²) in [7, 11) is 0. The van der Waals surface area contributed by atoms with Crippen LogP contribution in [0.1, 0.15) is 24.1 Å². The summed E-state index contributed by atoms with van der Waals surface area (Å²) in [4.78, 5) is 0. The van der Waals surface area contributed by atoms with Crippen LogP contribution in [0.2, 0.25) is 0 Å². The topological polar surface area (TPSA) is 59.0 Å². The lowest BCUT2D eigenvalue weighted by atomic mass is 10.1. The Balaban J connectivity index is 2.41. The first-order chi connectivity index (χ1) is 9.11. The van der Waals surface area contributed by atoms with Crippen LogP contribution in [0.15, 0.2) is 42.5 Å². The number of halogens is 1. The minimum Gasteiger partial charge on any atom is -0.456 e. The average molecular weight is 256 g/mol. The maximum atomic E-state index is 13.2. The summed E-state index contributed by atoms with van der Waals surface area (Å²) in [5.74, 6) is 0.519. The molecule has 2 rings (SSSR count). The molecule has 0 bridgehead atoms. The van der Waals surface area contributed by atoms with Crippen LogP contribution in [0.3, 0.4) is 0 Å². The summed E-state index contributed by atoms with van der Waals surface area (Å²) in [6.45, 7) is 1.75. The quantitative estimate of drug-likeness (QED) is 0.914. The van der Waals surface area contributed by atoms with Gasteiger partial charge in [-0.05, 0) is 37.3 Å². The second-order valence-electron chi connectivity index (χ2n) is 4.18. The number of benzene rings is 2. The first-order valence-electron chi connectivity index (χ1n) is 5.84. The highest BCUT2D eigenvalue weighted by molar-refractivity contribution is 5.47. The molecule has 0 saturated heterocycles. The van der Waals surface area contributed by atoms with Crippen molar-refractivity contribution >= 4 is 0 Å². The highest BCUT2D eigenvalue weighted by Crippen LogP contribution is 2.31. The number of rotatable bonds is 3. The van der Waals surface area contributed by atoms with Gasteiger partial charge in [0.15, 0.2) is 0 Å². The Morgan fingerprint density at radius 2 is 1.95 bits per heavy atom. The van der Waals surface area contributed by atoms with Crippen LogP contribution in [-0.2, 0) is 0 Å². The van der Waals surface area contributed by atoms with Crippen LogP contribution in [0.25, 0.3) is 0 Å². The molecule has 3 nitrogen and oxygen atoms in total. The Morgan fingerprint density at radius 1 is 1.21 bits per heavy atom. The molecule has 4 heteroatoms. The first-order valence-corrected chi connectivity index (χ1v) is 5.84. The molecule has 0 heterocycles. The average Bonchev–Trinajstić information content (AvgIpc) is 2.41. The molecule has 0 radical (unpaired) electrons. The minimum atomic E-state index is -0.367. The molecule has 1 atom stereocenters. The summed E-state index contributed by atoms with van der Waals surface area (Å²) >= 11 is 0. The Hall–Kier alpha value is -2.38. The molecule has 19 heavy (non-hydrogen) atoms. The van der Waals surface area contributed by atoms with Crippen LogP contribution in [0.4, 0.5) is 4.39 Å². The van der Waals surface area contributed by atoms with Gasteiger partial charge in [0.1, 0.15) is 23.4 Å². The van der Waals surface area contributed by atoms with Gasteiger partial charge in [0.2, 0.25) is 0 Å². The number of nitrogens with two attached hydrogens (primary N) is 1. The van der Waals surface area contributed by atoms with E-state index >= 15 is 0 Å². The third-order valence-electron chi connectivity index (χ3n) is 2.69. The monoisotopic (exact) mass is 256 g/mol. The van der Waals surface area contributed by atoms with Gasteiger partial charge in [0, 0.05) is 11.6 Å². The maximum Gasteiger partial charge on any atom is 0.145 e. The van der Waals surface area contributed by atoms with E-state index in [0.717, 1.165) is 0 Å². The summed E-state index contributed by atoms with van der Waals surface area (Å²) in [5.41, 5.74) is 6.78. The Kier molecular flexibility index (Phi) is 3.79. The van der Waals surface area contributed by atoms with Crippen molar-refractivity contribution in [2.75, 3.05) is 0 Å². The first kappa shape index (κ1) is 13.1. The second kappa shape index (κ2) is 5.51. The Labute approximate surface area is 111 Å². The molecule has 2 aromatic rings. The van der Waals surface area contributed by atoms with Crippen LogP contribution < -0.4 is 10.5 Å². The van der Waals surface area contributed by atoms with Gasteiger partial charge in [-0.25, -0.2) is 4.39 Å². The van der Waals surface area contributed by atoms with Gasteiger partial charge < -0.3 is 10.5 Å². The number of hydrogen-bond donors (Lipinski definition) is 1. The number of ether oxygens (including phenoxy) is 1. The van der Waals surface area contributed by atoms with Crippen LogP contribution >= 0.6 is 0 Å². The van der Waals surface area contributed by atoms with Crippen LogP contribution in [0.5, 0.6) is 11.5 Å². The lowest BCUT2D eigenvalue weighted by molar-refractivity contribution is 0.468. The van der Waals surface area contributed by atoms with E-state index in [1.165, 1.54) is 18.2 Å². The number of para-hydroxylation sites is 1. The maximum absolute atomic E-state index is 13.2. The molecule has 2 aromatic carbocycles. The van der Waals surface area contributed by atoms with Gasteiger partial charge >= 0.3 is 0 Å². The van der Waals surface area contributed by atoms with Gasteiger partial charge in [-0.2, -0.15) is 5.26 Å². The fraction of sp³-hybridized carbons (Fsp3) is 0.133. The fourth-order valence-electron chi connectivity index (χ4n) is 1.73. The molecule has 0 aliphatic carbocycles. The normalized spacial score (nSPS) is 11.7. The number of nitriles is 1. The molecule has 2 N–H and O–H groups in total. The van der Waals surface area contributed by atoms with E-state index < -0.39 is 0 Å². The summed E-state index contributed by atoms with van der Waals surface area (Å²) in [6.07, 6.45) is 0. The van der Waals surface area contributed by atoms with E-state index in [-0.39, 0.29) is 11.9 Å².